The smallest absolute Gasteiger partial charge is 0.343 e. The summed E-state index contributed by atoms with van der Waals surface area (Å²) in [6.07, 6.45) is 0.609. The van der Waals surface area contributed by atoms with E-state index in [0.717, 1.165) is 0 Å². The van der Waals surface area contributed by atoms with Crippen molar-refractivity contribution in [2.45, 2.75) is 13.3 Å². The lowest BCUT2D eigenvalue weighted by molar-refractivity contribution is 0.0501. The lowest BCUT2D eigenvalue weighted by atomic mass is 10.2. The third-order valence-electron chi connectivity index (χ3n) is 1.92. The first kappa shape index (κ1) is 14.2. The van der Waals surface area contributed by atoms with Gasteiger partial charge in [0.1, 0.15) is 10.6 Å². The van der Waals surface area contributed by atoms with E-state index in [4.69, 9.17) is 39.5 Å². The van der Waals surface area contributed by atoms with E-state index in [2.05, 4.69) is 0 Å². The fraction of sp³-hybridized carbons (Fsp3) is 0.300. The van der Waals surface area contributed by atoms with Crippen molar-refractivity contribution < 1.29 is 19.7 Å². The molecule has 1 rings (SSSR count). The molecule has 7 heteroatoms. The fourth-order valence-corrected chi connectivity index (χ4v) is 1.77. The monoisotopic (exact) mass is 298 g/mol. The molecule has 1 aromatic rings. The molecule has 0 heterocycles. The highest BCUT2D eigenvalue weighted by atomic mass is 35.5. The summed E-state index contributed by atoms with van der Waals surface area (Å²) in [5, 5.41) is 18.2. The van der Waals surface area contributed by atoms with Gasteiger partial charge in [-0.25, -0.2) is 4.79 Å². The number of carbonyl (C=O) groups excluding carboxylic acids is 1. The molecule has 0 saturated carbocycles. The minimum Gasteiger partial charge on any atom is -0.504 e. The van der Waals surface area contributed by atoms with Crippen LogP contribution in [0.5, 0.6) is 11.5 Å². The molecule has 17 heavy (non-hydrogen) atoms. The minimum absolute atomic E-state index is 0.162. The number of rotatable bonds is 3. The van der Waals surface area contributed by atoms with Crippen LogP contribution in [0.4, 0.5) is 0 Å². The van der Waals surface area contributed by atoms with E-state index in [1.807, 2.05) is 0 Å². The summed E-state index contributed by atoms with van der Waals surface area (Å²) in [4.78, 5) is 11.6. The quantitative estimate of drug-likeness (QED) is 0.508. The summed E-state index contributed by atoms with van der Waals surface area (Å²) in [7, 11) is 0. The molecule has 0 atom stereocenters. The van der Waals surface area contributed by atoms with Gasteiger partial charge in [0.05, 0.1) is 16.7 Å². The maximum Gasteiger partial charge on any atom is 0.343 e. The molecule has 0 aliphatic rings. The van der Waals surface area contributed by atoms with E-state index in [0.29, 0.717) is 6.42 Å². The van der Waals surface area contributed by atoms with Gasteiger partial charge in [0.15, 0.2) is 11.5 Å². The summed E-state index contributed by atoms with van der Waals surface area (Å²) in [6.45, 7) is 1.97. The van der Waals surface area contributed by atoms with Crippen LogP contribution in [0.1, 0.15) is 23.7 Å². The van der Waals surface area contributed by atoms with Crippen LogP contribution in [0.25, 0.3) is 0 Å². The molecule has 0 amide bonds. The molecular weight excluding hydrogens is 290 g/mol. The van der Waals surface area contributed by atoms with E-state index in [1.54, 1.807) is 6.92 Å². The van der Waals surface area contributed by atoms with Crippen molar-refractivity contribution in [1.29, 1.82) is 0 Å². The Kier molecular flexibility index (Phi) is 4.74. The number of halogens is 3. The second kappa shape index (κ2) is 5.67. The van der Waals surface area contributed by atoms with Crippen molar-refractivity contribution in [2.75, 3.05) is 6.61 Å². The fourth-order valence-electron chi connectivity index (χ4n) is 1.09. The maximum atomic E-state index is 11.6. The number of benzene rings is 1. The zero-order chi connectivity index (χ0) is 13.2. The Morgan fingerprint density at radius 1 is 1.12 bits per heavy atom. The van der Waals surface area contributed by atoms with E-state index >= 15 is 0 Å². The van der Waals surface area contributed by atoms with Gasteiger partial charge >= 0.3 is 5.97 Å². The number of hydrogen-bond acceptors (Lipinski definition) is 4. The number of esters is 1. The number of hydrogen-bond donors (Lipinski definition) is 2. The SMILES string of the molecule is CCCOC(=O)c1c(O)c(O)c(Cl)c(Cl)c1Cl. The molecule has 0 radical (unpaired) electrons. The Balaban J connectivity index is 3.29. The van der Waals surface area contributed by atoms with Gasteiger partial charge in [-0.1, -0.05) is 41.7 Å². The van der Waals surface area contributed by atoms with Gasteiger partial charge in [0.25, 0.3) is 0 Å². The molecule has 0 spiro atoms. The van der Waals surface area contributed by atoms with Crippen LogP contribution >= 0.6 is 34.8 Å². The highest BCUT2D eigenvalue weighted by Crippen LogP contribution is 2.46. The highest BCUT2D eigenvalue weighted by molar-refractivity contribution is 6.50. The maximum absolute atomic E-state index is 11.6. The summed E-state index contributed by atoms with van der Waals surface area (Å²) in [5.74, 6) is -2.32. The Morgan fingerprint density at radius 3 is 2.24 bits per heavy atom. The lowest BCUT2D eigenvalue weighted by Gasteiger charge is -2.11. The van der Waals surface area contributed by atoms with Crippen molar-refractivity contribution in [3.63, 3.8) is 0 Å². The summed E-state index contributed by atoms with van der Waals surface area (Å²) < 4.78 is 4.79. The van der Waals surface area contributed by atoms with E-state index in [-0.39, 0.29) is 21.7 Å². The second-order valence-corrected chi connectivity index (χ2v) is 4.28. The number of ether oxygens (including phenoxy) is 1. The Bertz CT molecular complexity index is 430. The van der Waals surface area contributed by atoms with E-state index < -0.39 is 23.0 Å². The molecule has 1 aromatic carbocycles. The van der Waals surface area contributed by atoms with E-state index in [9.17, 15) is 15.0 Å². The van der Waals surface area contributed by atoms with Gasteiger partial charge in [-0.05, 0) is 6.42 Å². The Morgan fingerprint density at radius 2 is 1.71 bits per heavy atom. The molecule has 0 bridgehead atoms. The number of carbonyl (C=O) groups is 1. The largest absolute Gasteiger partial charge is 0.504 e. The minimum atomic E-state index is -0.872. The van der Waals surface area contributed by atoms with Crippen LogP contribution in [0.15, 0.2) is 0 Å². The van der Waals surface area contributed by atoms with Crippen LogP contribution in [0, 0.1) is 0 Å². The standard InChI is InChI=1S/C10H9Cl3O4/c1-2-3-17-10(16)4-5(11)6(12)7(13)9(15)8(4)14/h14-15H,2-3H2,1H3. The average molecular weight is 300 g/mol. The molecule has 0 aliphatic carbocycles. The number of phenols is 2. The first-order chi connectivity index (χ1) is 7.91. The normalized spacial score (nSPS) is 10.4. The highest BCUT2D eigenvalue weighted by Gasteiger charge is 2.26. The first-order valence-electron chi connectivity index (χ1n) is 4.67. The van der Waals surface area contributed by atoms with Crippen LogP contribution < -0.4 is 0 Å². The van der Waals surface area contributed by atoms with Gasteiger partial charge < -0.3 is 14.9 Å². The van der Waals surface area contributed by atoms with E-state index in [1.165, 1.54) is 0 Å². The second-order valence-electron chi connectivity index (χ2n) is 3.15. The van der Waals surface area contributed by atoms with Crippen molar-refractivity contribution in [2.24, 2.45) is 0 Å². The van der Waals surface area contributed by atoms with Gasteiger partial charge in [-0.3, -0.25) is 0 Å². The van der Waals surface area contributed by atoms with Crippen molar-refractivity contribution in [3.05, 3.63) is 20.6 Å². The summed E-state index contributed by atoms with van der Waals surface area (Å²) in [6, 6.07) is 0. The Hall–Kier alpha value is -0.840. The van der Waals surface area contributed by atoms with Gasteiger partial charge in [-0.15, -0.1) is 0 Å². The predicted octanol–water partition coefficient (Wildman–Crippen LogP) is 3.62. The number of aromatic hydroxyl groups is 2. The molecule has 0 unspecified atom stereocenters. The lowest BCUT2D eigenvalue weighted by Crippen LogP contribution is -2.07. The molecule has 0 aromatic heterocycles. The summed E-state index contributed by atoms with van der Waals surface area (Å²) in [5.41, 5.74) is -0.396. The van der Waals surface area contributed by atoms with Crippen molar-refractivity contribution in [1.82, 2.24) is 0 Å². The number of phenolic OH excluding ortho intramolecular Hbond substituents is 2. The Labute approximate surface area is 113 Å². The third-order valence-corrected chi connectivity index (χ3v) is 3.23. The molecule has 0 saturated heterocycles. The van der Waals surface area contributed by atoms with Crippen LogP contribution in [0.3, 0.4) is 0 Å². The molecule has 2 N–H and O–H groups in total. The van der Waals surface area contributed by atoms with Gasteiger partial charge in [0.2, 0.25) is 0 Å². The average Bonchev–Trinajstić information content (AvgIpc) is 2.31. The molecule has 4 nitrogen and oxygen atoms in total. The van der Waals surface area contributed by atoms with Gasteiger partial charge in [0, 0.05) is 0 Å². The molecule has 94 valence electrons. The van der Waals surface area contributed by atoms with Crippen LogP contribution in [0.2, 0.25) is 15.1 Å². The summed E-state index contributed by atoms with van der Waals surface area (Å²) >= 11 is 17.0. The molecule has 0 aliphatic heterocycles. The zero-order valence-electron chi connectivity index (χ0n) is 8.76. The van der Waals surface area contributed by atoms with Crippen LogP contribution in [-0.2, 0) is 4.74 Å². The molecular formula is C10H9Cl3O4. The predicted molar refractivity (Wildman–Crippen MR) is 65.4 cm³/mol. The molecule has 0 fully saturated rings. The third kappa shape index (κ3) is 2.70. The topological polar surface area (TPSA) is 66.8 Å². The van der Waals surface area contributed by atoms with Crippen molar-refractivity contribution in [3.8, 4) is 11.5 Å². The van der Waals surface area contributed by atoms with Crippen LogP contribution in [-0.4, -0.2) is 22.8 Å². The first-order valence-corrected chi connectivity index (χ1v) is 5.80. The van der Waals surface area contributed by atoms with Gasteiger partial charge in [-0.2, -0.15) is 0 Å². The zero-order valence-corrected chi connectivity index (χ0v) is 11.0. The van der Waals surface area contributed by atoms with Crippen molar-refractivity contribution >= 4 is 40.8 Å².